The number of aliphatic hydroxyl groups excluding tert-OH is 2. The van der Waals surface area contributed by atoms with Crippen molar-refractivity contribution in [2.24, 2.45) is 0 Å². The summed E-state index contributed by atoms with van der Waals surface area (Å²) >= 11 is 0. The van der Waals surface area contributed by atoms with E-state index in [4.69, 9.17) is 20.1 Å². The van der Waals surface area contributed by atoms with Crippen LogP contribution >= 0.6 is 0 Å². The van der Waals surface area contributed by atoms with E-state index in [1.54, 1.807) is 0 Å². The van der Waals surface area contributed by atoms with Crippen LogP contribution in [0, 0.1) is 0 Å². The lowest BCUT2D eigenvalue weighted by molar-refractivity contribution is -0.108. The third-order valence-corrected chi connectivity index (χ3v) is 1.27. The van der Waals surface area contributed by atoms with E-state index in [1.807, 2.05) is 6.92 Å². The van der Waals surface area contributed by atoms with Crippen LogP contribution in [-0.2, 0) is 4.74 Å². The summed E-state index contributed by atoms with van der Waals surface area (Å²) in [5.74, 6) is 0. The number of ether oxygens (including phenoxy) is 1. The molecule has 0 aliphatic rings. The highest BCUT2D eigenvalue weighted by Gasteiger charge is 2.00. The molecule has 1 unspecified atom stereocenters. The van der Waals surface area contributed by atoms with E-state index >= 15 is 0 Å². The quantitative estimate of drug-likeness (QED) is 0.376. The molecule has 0 spiro atoms. The maximum absolute atomic E-state index is 8.88. The van der Waals surface area contributed by atoms with E-state index in [9.17, 15) is 0 Å². The maximum Gasteiger partial charge on any atom is 0.154 e. The van der Waals surface area contributed by atoms with Gasteiger partial charge < -0.3 is 20.1 Å². The summed E-state index contributed by atoms with van der Waals surface area (Å²) in [6.45, 7) is 2.18. The van der Waals surface area contributed by atoms with Crippen molar-refractivity contribution in [2.75, 3.05) is 6.61 Å². The van der Waals surface area contributed by atoms with Crippen LogP contribution in [0.25, 0.3) is 0 Å². The van der Waals surface area contributed by atoms with E-state index in [-0.39, 0.29) is 6.42 Å². The van der Waals surface area contributed by atoms with Gasteiger partial charge in [0.05, 0.1) is 0 Å². The van der Waals surface area contributed by atoms with Gasteiger partial charge in [-0.1, -0.05) is 6.92 Å². The van der Waals surface area contributed by atoms with Crippen molar-refractivity contribution in [3.8, 4) is 0 Å². The number of aliphatic hydroxyl groups is 3. The van der Waals surface area contributed by atoms with Gasteiger partial charge in [-0.05, 0) is 12.8 Å². The normalized spacial score (nSPS) is 13.9. The van der Waals surface area contributed by atoms with E-state index in [2.05, 4.69) is 0 Å². The second-order valence-electron chi connectivity index (χ2n) is 2.36. The number of hydrogen-bond acceptors (Lipinski definition) is 4. The van der Waals surface area contributed by atoms with E-state index in [0.29, 0.717) is 19.4 Å². The van der Waals surface area contributed by atoms with Crippen LogP contribution in [0.5, 0.6) is 0 Å². The summed E-state index contributed by atoms with van der Waals surface area (Å²) in [4.78, 5) is 0. The predicted molar refractivity (Wildman–Crippen MR) is 39.7 cm³/mol. The monoisotopic (exact) mass is 164 g/mol. The second kappa shape index (κ2) is 6.54. The maximum atomic E-state index is 8.88. The van der Waals surface area contributed by atoms with E-state index < -0.39 is 12.6 Å². The molecule has 1 atom stereocenters. The molecule has 4 heteroatoms. The third kappa shape index (κ3) is 7.74. The Morgan fingerprint density at radius 2 is 1.91 bits per heavy atom. The first-order valence-electron chi connectivity index (χ1n) is 3.82. The van der Waals surface area contributed by atoms with Crippen LogP contribution < -0.4 is 0 Å². The van der Waals surface area contributed by atoms with Crippen molar-refractivity contribution in [3.05, 3.63) is 0 Å². The van der Waals surface area contributed by atoms with Gasteiger partial charge in [0.2, 0.25) is 0 Å². The Balaban J connectivity index is 3.01. The van der Waals surface area contributed by atoms with Gasteiger partial charge in [0.15, 0.2) is 12.6 Å². The van der Waals surface area contributed by atoms with Gasteiger partial charge in [-0.3, -0.25) is 0 Å². The van der Waals surface area contributed by atoms with Crippen molar-refractivity contribution in [2.45, 2.75) is 38.8 Å². The Labute approximate surface area is 66.4 Å². The molecule has 0 radical (unpaired) electrons. The first-order chi connectivity index (χ1) is 5.16. The van der Waals surface area contributed by atoms with Gasteiger partial charge in [-0.25, -0.2) is 0 Å². The SMILES string of the molecule is CCC(O)OCCCC(O)O. The summed E-state index contributed by atoms with van der Waals surface area (Å²) in [6.07, 6.45) is -0.587. The minimum atomic E-state index is -1.27. The molecule has 0 rings (SSSR count). The molecule has 0 amide bonds. The number of rotatable bonds is 6. The highest BCUT2D eigenvalue weighted by atomic mass is 16.6. The van der Waals surface area contributed by atoms with Gasteiger partial charge in [-0.15, -0.1) is 0 Å². The fraction of sp³-hybridized carbons (Fsp3) is 1.00. The molecule has 0 bridgehead atoms. The molecule has 11 heavy (non-hydrogen) atoms. The van der Waals surface area contributed by atoms with Gasteiger partial charge in [0.1, 0.15) is 0 Å². The Morgan fingerprint density at radius 3 is 2.36 bits per heavy atom. The van der Waals surface area contributed by atoms with Crippen molar-refractivity contribution >= 4 is 0 Å². The predicted octanol–water partition coefficient (Wildman–Crippen LogP) is -0.178. The molecule has 0 heterocycles. The molecule has 0 saturated carbocycles. The molecule has 0 aliphatic carbocycles. The molecular formula is C7H16O4. The van der Waals surface area contributed by atoms with Gasteiger partial charge in [0, 0.05) is 13.0 Å². The third-order valence-electron chi connectivity index (χ3n) is 1.27. The smallest absolute Gasteiger partial charge is 0.154 e. The van der Waals surface area contributed by atoms with Crippen molar-refractivity contribution in [1.29, 1.82) is 0 Å². The molecule has 0 aromatic rings. The highest BCUT2D eigenvalue weighted by molar-refractivity contribution is 4.41. The zero-order chi connectivity index (χ0) is 8.69. The zero-order valence-electron chi connectivity index (χ0n) is 6.73. The highest BCUT2D eigenvalue weighted by Crippen LogP contribution is 1.97. The molecule has 0 fully saturated rings. The van der Waals surface area contributed by atoms with Crippen molar-refractivity contribution < 1.29 is 20.1 Å². The zero-order valence-corrected chi connectivity index (χ0v) is 6.73. The molecule has 0 aromatic carbocycles. The molecule has 0 aliphatic heterocycles. The Hall–Kier alpha value is -0.160. The fourth-order valence-corrected chi connectivity index (χ4v) is 0.603. The molecular weight excluding hydrogens is 148 g/mol. The van der Waals surface area contributed by atoms with Crippen LogP contribution in [0.1, 0.15) is 26.2 Å². The lowest BCUT2D eigenvalue weighted by Crippen LogP contribution is -2.12. The average molecular weight is 164 g/mol. The van der Waals surface area contributed by atoms with Crippen LogP contribution in [0.4, 0.5) is 0 Å². The van der Waals surface area contributed by atoms with Crippen LogP contribution in [0.3, 0.4) is 0 Å². The second-order valence-corrected chi connectivity index (χ2v) is 2.36. The Kier molecular flexibility index (Phi) is 6.45. The van der Waals surface area contributed by atoms with E-state index in [0.717, 1.165) is 0 Å². The van der Waals surface area contributed by atoms with Gasteiger partial charge in [0.25, 0.3) is 0 Å². The Bertz CT molecular complexity index is 84.5. The molecule has 3 N–H and O–H groups in total. The molecule has 68 valence electrons. The molecule has 4 nitrogen and oxygen atoms in total. The standard InChI is InChI=1S/C7H16O4/c1-2-7(10)11-5-3-4-6(8)9/h6-10H,2-5H2,1H3. The summed E-state index contributed by atoms with van der Waals surface area (Å²) in [6, 6.07) is 0. The first-order valence-corrected chi connectivity index (χ1v) is 3.82. The minimum absolute atomic E-state index is 0.288. The lowest BCUT2D eigenvalue weighted by Gasteiger charge is -2.09. The topological polar surface area (TPSA) is 69.9 Å². The van der Waals surface area contributed by atoms with Crippen LogP contribution in [0.15, 0.2) is 0 Å². The average Bonchev–Trinajstić information content (AvgIpc) is 1.97. The fourth-order valence-electron chi connectivity index (χ4n) is 0.603. The van der Waals surface area contributed by atoms with Gasteiger partial charge in [-0.2, -0.15) is 0 Å². The summed E-state index contributed by atoms with van der Waals surface area (Å²) in [5, 5.41) is 25.7. The summed E-state index contributed by atoms with van der Waals surface area (Å²) in [7, 11) is 0. The van der Waals surface area contributed by atoms with Crippen molar-refractivity contribution in [1.82, 2.24) is 0 Å². The molecule has 0 saturated heterocycles. The largest absolute Gasteiger partial charge is 0.368 e. The summed E-state index contributed by atoms with van der Waals surface area (Å²) in [5.41, 5.74) is 0. The van der Waals surface area contributed by atoms with Crippen molar-refractivity contribution in [3.63, 3.8) is 0 Å². The lowest BCUT2D eigenvalue weighted by atomic mass is 10.3. The van der Waals surface area contributed by atoms with Crippen LogP contribution in [-0.4, -0.2) is 34.5 Å². The van der Waals surface area contributed by atoms with Gasteiger partial charge >= 0.3 is 0 Å². The first kappa shape index (κ1) is 10.8. The minimum Gasteiger partial charge on any atom is -0.368 e. The summed E-state index contributed by atoms with van der Waals surface area (Å²) < 4.78 is 4.87. The number of hydrogen-bond donors (Lipinski definition) is 3. The molecule has 0 aromatic heterocycles. The van der Waals surface area contributed by atoms with E-state index in [1.165, 1.54) is 0 Å². The van der Waals surface area contributed by atoms with Crippen LogP contribution in [0.2, 0.25) is 0 Å². The Morgan fingerprint density at radius 1 is 1.27 bits per heavy atom.